The van der Waals surface area contributed by atoms with Gasteiger partial charge < -0.3 is 19.5 Å². The highest BCUT2D eigenvalue weighted by molar-refractivity contribution is 5.41. The molecule has 0 spiro atoms. The normalized spacial score (nSPS) is 10.3. The Morgan fingerprint density at radius 3 is 2.10 bits per heavy atom. The van der Waals surface area contributed by atoms with Gasteiger partial charge in [0.05, 0.1) is 14.2 Å². The van der Waals surface area contributed by atoms with E-state index in [1.54, 1.807) is 14.2 Å². The van der Waals surface area contributed by atoms with Gasteiger partial charge in [-0.1, -0.05) is 26.2 Å². The average molecular weight is 281 g/mol. The van der Waals surface area contributed by atoms with Crippen LogP contribution < -0.4 is 19.5 Å². The lowest BCUT2D eigenvalue weighted by molar-refractivity contribution is 0.307. The average Bonchev–Trinajstić information content (AvgIpc) is 2.49. The van der Waals surface area contributed by atoms with Gasteiger partial charge in [0.2, 0.25) is 0 Å². The van der Waals surface area contributed by atoms with Crippen LogP contribution in [0.1, 0.15) is 32.6 Å². The minimum absolute atomic E-state index is 0.643. The third-order valence-corrected chi connectivity index (χ3v) is 3.08. The fraction of sp³-hybridized carbons (Fsp3) is 0.625. The zero-order valence-corrected chi connectivity index (χ0v) is 12.9. The Morgan fingerprint density at radius 2 is 1.50 bits per heavy atom. The number of hydrogen-bond acceptors (Lipinski definition) is 4. The predicted molar refractivity (Wildman–Crippen MR) is 82.1 cm³/mol. The molecule has 1 rings (SSSR count). The molecule has 0 atom stereocenters. The fourth-order valence-corrected chi connectivity index (χ4v) is 1.91. The van der Waals surface area contributed by atoms with E-state index in [0.717, 1.165) is 30.3 Å². The molecular weight excluding hydrogens is 254 g/mol. The van der Waals surface area contributed by atoms with Crippen LogP contribution in [-0.4, -0.2) is 33.9 Å². The van der Waals surface area contributed by atoms with Gasteiger partial charge in [-0.2, -0.15) is 0 Å². The SMILES string of the molecule is CCCCCCNCCOc1cc(OC)cc(OC)c1. The number of benzene rings is 1. The molecule has 1 N–H and O–H groups in total. The number of methoxy groups -OCH3 is 2. The van der Waals surface area contributed by atoms with Crippen molar-refractivity contribution in [2.24, 2.45) is 0 Å². The molecule has 114 valence electrons. The van der Waals surface area contributed by atoms with Crippen molar-refractivity contribution in [3.63, 3.8) is 0 Å². The Kier molecular flexibility index (Phi) is 8.63. The topological polar surface area (TPSA) is 39.7 Å². The smallest absolute Gasteiger partial charge is 0.126 e. The second-order valence-corrected chi connectivity index (χ2v) is 4.71. The van der Waals surface area contributed by atoms with E-state index in [0.29, 0.717) is 6.61 Å². The van der Waals surface area contributed by atoms with Crippen molar-refractivity contribution in [3.05, 3.63) is 18.2 Å². The number of nitrogens with one attached hydrogen (secondary N) is 1. The van der Waals surface area contributed by atoms with Crippen molar-refractivity contribution in [2.45, 2.75) is 32.6 Å². The van der Waals surface area contributed by atoms with E-state index in [1.165, 1.54) is 25.7 Å². The van der Waals surface area contributed by atoms with Crippen LogP contribution in [-0.2, 0) is 0 Å². The zero-order valence-electron chi connectivity index (χ0n) is 12.9. The molecule has 0 saturated carbocycles. The van der Waals surface area contributed by atoms with E-state index in [-0.39, 0.29) is 0 Å². The molecule has 4 heteroatoms. The molecule has 0 heterocycles. The van der Waals surface area contributed by atoms with E-state index in [2.05, 4.69) is 12.2 Å². The van der Waals surface area contributed by atoms with Crippen molar-refractivity contribution in [1.29, 1.82) is 0 Å². The predicted octanol–water partition coefficient (Wildman–Crippen LogP) is 3.25. The summed E-state index contributed by atoms with van der Waals surface area (Å²) in [5.74, 6) is 2.26. The Bertz CT molecular complexity index is 346. The lowest BCUT2D eigenvalue weighted by Crippen LogP contribution is -2.22. The summed E-state index contributed by atoms with van der Waals surface area (Å²) in [5, 5.41) is 3.38. The third kappa shape index (κ3) is 6.66. The summed E-state index contributed by atoms with van der Waals surface area (Å²) in [4.78, 5) is 0. The molecule has 1 aromatic carbocycles. The Balaban J connectivity index is 2.21. The van der Waals surface area contributed by atoms with Gasteiger partial charge in [0.1, 0.15) is 23.9 Å². The van der Waals surface area contributed by atoms with Crippen LogP contribution in [0.5, 0.6) is 17.2 Å². The monoisotopic (exact) mass is 281 g/mol. The van der Waals surface area contributed by atoms with Crippen molar-refractivity contribution < 1.29 is 14.2 Å². The van der Waals surface area contributed by atoms with Crippen LogP contribution in [0.15, 0.2) is 18.2 Å². The number of ether oxygens (including phenoxy) is 3. The van der Waals surface area contributed by atoms with Gasteiger partial charge in [-0.3, -0.25) is 0 Å². The molecule has 4 nitrogen and oxygen atoms in total. The van der Waals surface area contributed by atoms with Crippen LogP contribution in [0.3, 0.4) is 0 Å². The highest BCUT2D eigenvalue weighted by atomic mass is 16.5. The first-order valence-corrected chi connectivity index (χ1v) is 7.36. The maximum atomic E-state index is 5.70. The number of unbranched alkanes of at least 4 members (excludes halogenated alkanes) is 3. The minimum atomic E-state index is 0.643. The van der Waals surface area contributed by atoms with Gasteiger partial charge in [-0.05, 0) is 13.0 Å². The van der Waals surface area contributed by atoms with Gasteiger partial charge in [0.25, 0.3) is 0 Å². The summed E-state index contributed by atoms with van der Waals surface area (Å²) in [6, 6.07) is 5.56. The van der Waals surface area contributed by atoms with Crippen LogP contribution in [0.4, 0.5) is 0 Å². The molecule has 0 aliphatic heterocycles. The molecule has 0 fully saturated rings. The Morgan fingerprint density at radius 1 is 0.850 bits per heavy atom. The molecule has 0 aliphatic carbocycles. The largest absolute Gasteiger partial charge is 0.496 e. The van der Waals surface area contributed by atoms with Crippen molar-refractivity contribution in [3.8, 4) is 17.2 Å². The Labute approximate surface area is 122 Å². The quantitative estimate of drug-likeness (QED) is 0.632. The number of rotatable bonds is 11. The molecule has 0 saturated heterocycles. The second-order valence-electron chi connectivity index (χ2n) is 4.71. The summed E-state index contributed by atoms with van der Waals surface area (Å²) in [7, 11) is 3.27. The van der Waals surface area contributed by atoms with E-state index < -0.39 is 0 Å². The first kappa shape index (κ1) is 16.6. The molecular formula is C16H27NO3. The summed E-state index contributed by atoms with van der Waals surface area (Å²) in [5.41, 5.74) is 0. The van der Waals surface area contributed by atoms with Crippen LogP contribution in [0.25, 0.3) is 0 Å². The molecule has 0 unspecified atom stereocenters. The number of hydrogen-bond donors (Lipinski definition) is 1. The van der Waals surface area contributed by atoms with Crippen LogP contribution in [0, 0.1) is 0 Å². The molecule has 0 aromatic heterocycles. The standard InChI is InChI=1S/C16H27NO3/c1-4-5-6-7-8-17-9-10-20-16-12-14(18-2)11-15(13-16)19-3/h11-13,17H,4-10H2,1-3H3. The van der Waals surface area contributed by atoms with Gasteiger partial charge in [0, 0.05) is 24.7 Å². The van der Waals surface area contributed by atoms with Gasteiger partial charge >= 0.3 is 0 Å². The summed E-state index contributed by atoms with van der Waals surface area (Å²) in [6.07, 6.45) is 5.14. The maximum absolute atomic E-state index is 5.70. The van der Waals surface area contributed by atoms with Gasteiger partial charge in [-0.25, -0.2) is 0 Å². The van der Waals surface area contributed by atoms with Crippen molar-refractivity contribution in [1.82, 2.24) is 5.32 Å². The first-order chi connectivity index (χ1) is 9.80. The van der Waals surface area contributed by atoms with Crippen molar-refractivity contribution in [2.75, 3.05) is 33.9 Å². The van der Waals surface area contributed by atoms with E-state index in [4.69, 9.17) is 14.2 Å². The summed E-state index contributed by atoms with van der Waals surface area (Å²) in [6.45, 7) is 4.78. The van der Waals surface area contributed by atoms with Crippen LogP contribution in [0.2, 0.25) is 0 Å². The summed E-state index contributed by atoms with van der Waals surface area (Å²) < 4.78 is 16.1. The van der Waals surface area contributed by atoms with E-state index in [1.807, 2.05) is 18.2 Å². The third-order valence-electron chi connectivity index (χ3n) is 3.08. The minimum Gasteiger partial charge on any atom is -0.496 e. The maximum Gasteiger partial charge on any atom is 0.126 e. The second kappa shape index (κ2) is 10.4. The molecule has 0 amide bonds. The van der Waals surface area contributed by atoms with Crippen LogP contribution >= 0.6 is 0 Å². The molecule has 0 radical (unpaired) electrons. The van der Waals surface area contributed by atoms with Gasteiger partial charge in [0.15, 0.2) is 0 Å². The first-order valence-electron chi connectivity index (χ1n) is 7.36. The molecule has 1 aromatic rings. The van der Waals surface area contributed by atoms with Crippen molar-refractivity contribution >= 4 is 0 Å². The van der Waals surface area contributed by atoms with E-state index >= 15 is 0 Å². The molecule has 0 aliphatic rings. The Hall–Kier alpha value is -1.42. The lowest BCUT2D eigenvalue weighted by atomic mass is 10.2. The fourth-order valence-electron chi connectivity index (χ4n) is 1.91. The molecule has 0 bridgehead atoms. The highest BCUT2D eigenvalue weighted by Gasteiger charge is 2.02. The molecule has 20 heavy (non-hydrogen) atoms. The summed E-state index contributed by atoms with van der Waals surface area (Å²) >= 11 is 0. The highest BCUT2D eigenvalue weighted by Crippen LogP contribution is 2.27. The lowest BCUT2D eigenvalue weighted by Gasteiger charge is -2.10. The zero-order chi connectivity index (χ0) is 14.6. The van der Waals surface area contributed by atoms with E-state index in [9.17, 15) is 0 Å². The van der Waals surface area contributed by atoms with Gasteiger partial charge in [-0.15, -0.1) is 0 Å².